The summed E-state index contributed by atoms with van der Waals surface area (Å²) in [4.78, 5) is 12.0. The van der Waals surface area contributed by atoms with Crippen LogP contribution in [0, 0.1) is 16.0 Å². The molecule has 4 N–H and O–H groups in total. The van der Waals surface area contributed by atoms with Crippen LogP contribution in [-0.4, -0.2) is 16.4 Å². The Morgan fingerprint density at radius 2 is 2.15 bits per heavy atom. The van der Waals surface area contributed by atoms with Crippen LogP contribution in [0.4, 0.5) is 0 Å². The van der Waals surface area contributed by atoms with E-state index in [0.717, 1.165) is 24.0 Å². The van der Waals surface area contributed by atoms with Crippen LogP contribution in [0.1, 0.15) is 29.9 Å². The average molecular weight is 275 g/mol. The summed E-state index contributed by atoms with van der Waals surface area (Å²) >= 11 is 0. The van der Waals surface area contributed by atoms with Crippen LogP contribution in [0.2, 0.25) is 0 Å². The molecule has 20 heavy (non-hydrogen) atoms. The molecule has 7 heteroatoms. The Bertz CT molecular complexity index is 740. The molecule has 3 rings (SSSR count). The van der Waals surface area contributed by atoms with E-state index in [2.05, 4.69) is 12.0 Å². The second-order valence-corrected chi connectivity index (χ2v) is 5.49. The molecule has 1 aliphatic rings. The van der Waals surface area contributed by atoms with Crippen molar-refractivity contribution in [3.8, 4) is 0 Å². The van der Waals surface area contributed by atoms with Gasteiger partial charge in [0.05, 0.1) is 16.0 Å². The number of aromatic nitrogens is 3. The first-order valence-electron chi connectivity index (χ1n) is 6.65. The number of nitrogens with zero attached hydrogens (tertiary/aromatic N) is 3. The first-order valence-corrected chi connectivity index (χ1v) is 6.65. The van der Waals surface area contributed by atoms with Crippen LogP contribution >= 0.6 is 0 Å². The molecule has 1 aromatic heterocycles. The molecule has 0 saturated carbocycles. The van der Waals surface area contributed by atoms with Gasteiger partial charge in [0.15, 0.2) is 10.4 Å². The summed E-state index contributed by atoms with van der Waals surface area (Å²) in [6.45, 7) is 2.21. The van der Waals surface area contributed by atoms with Crippen LogP contribution < -0.4 is 16.0 Å². The van der Waals surface area contributed by atoms with E-state index >= 15 is 0 Å². The standard InChI is InChI=1S/C13H17N5O2/c1-7-2-8-4-11-12(5-9(8)3-7)18(20)16-13(17(11)19)10(15)6-14/h4-5,7,10H,2-3,6,14-15H2,1H3. The highest BCUT2D eigenvalue weighted by molar-refractivity contribution is 5.74. The van der Waals surface area contributed by atoms with Crippen molar-refractivity contribution in [2.45, 2.75) is 25.8 Å². The highest BCUT2D eigenvalue weighted by atomic mass is 16.5. The fourth-order valence-electron chi connectivity index (χ4n) is 2.82. The van der Waals surface area contributed by atoms with Crippen molar-refractivity contribution in [1.82, 2.24) is 9.83 Å². The Balaban J connectivity index is 2.29. The van der Waals surface area contributed by atoms with Crippen LogP contribution in [-0.2, 0) is 12.8 Å². The molecule has 2 atom stereocenters. The van der Waals surface area contributed by atoms with Crippen LogP contribution in [0.25, 0.3) is 11.0 Å². The smallest absolute Gasteiger partial charge is 0.318 e. The van der Waals surface area contributed by atoms with E-state index in [4.69, 9.17) is 11.5 Å². The molecule has 0 spiro atoms. The van der Waals surface area contributed by atoms with E-state index in [-0.39, 0.29) is 17.9 Å². The summed E-state index contributed by atoms with van der Waals surface area (Å²) in [7, 11) is 0. The van der Waals surface area contributed by atoms with Crippen molar-refractivity contribution in [3.63, 3.8) is 0 Å². The Morgan fingerprint density at radius 3 is 2.80 bits per heavy atom. The van der Waals surface area contributed by atoms with E-state index < -0.39 is 6.04 Å². The third-order valence-electron chi connectivity index (χ3n) is 3.85. The summed E-state index contributed by atoms with van der Waals surface area (Å²) in [5.74, 6) is 0.488. The molecular formula is C13H17N5O2. The Hall–Kier alpha value is -1.99. The van der Waals surface area contributed by atoms with Crippen LogP contribution in [0.5, 0.6) is 0 Å². The predicted octanol–water partition coefficient (Wildman–Crippen LogP) is -0.0101. The van der Waals surface area contributed by atoms with Gasteiger partial charge in [0, 0.05) is 12.6 Å². The van der Waals surface area contributed by atoms with Crippen molar-refractivity contribution in [2.75, 3.05) is 6.54 Å². The van der Waals surface area contributed by atoms with Gasteiger partial charge in [-0.2, -0.15) is 0 Å². The first-order chi connectivity index (χ1) is 9.51. The maximum Gasteiger partial charge on any atom is 0.318 e. The summed E-state index contributed by atoms with van der Waals surface area (Å²) < 4.78 is 1.10. The Morgan fingerprint density at radius 1 is 1.50 bits per heavy atom. The number of fused-ring (bicyclic) bond motifs is 2. The topological polar surface area (TPSA) is 116 Å². The zero-order valence-electron chi connectivity index (χ0n) is 11.2. The zero-order chi connectivity index (χ0) is 14.4. The normalized spacial score (nSPS) is 19.2. The van der Waals surface area contributed by atoms with Gasteiger partial charge >= 0.3 is 5.52 Å². The minimum Gasteiger partial charge on any atom is -0.804 e. The van der Waals surface area contributed by atoms with Crippen LogP contribution in [0.3, 0.4) is 0 Å². The van der Waals surface area contributed by atoms with Crippen molar-refractivity contribution < 1.29 is 4.54 Å². The molecule has 2 unspecified atom stereocenters. The number of hydrogen-bond donors (Lipinski definition) is 2. The molecular weight excluding hydrogens is 258 g/mol. The number of benzene rings is 1. The molecule has 0 fully saturated rings. The number of rotatable bonds is 2. The fraction of sp³-hybridized carbons (Fsp3) is 0.462. The molecule has 0 saturated heterocycles. The lowest BCUT2D eigenvalue weighted by Crippen LogP contribution is -2.33. The SMILES string of the molecule is CC1Cc2cc3c(cc2C1)[n+](=O)nc(C(N)CN)n3[O-]. The van der Waals surface area contributed by atoms with Gasteiger partial charge in [0.1, 0.15) is 5.52 Å². The molecule has 0 aliphatic heterocycles. The summed E-state index contributed by atoms with van der Waals surface area (Å²) in [5.41, 5.74) is 14.0. The third-order valence-corrected chi connectivity index (χ3v) is 3.85. The van der Waals surface area contributed by atoms with E-state index in [1.807, 2.05) is 0 Å². The molecule has 1 aromatic carbocycles. The fourth-order valence-corrected chi connectivity index (χ4v) is 2.82. The van der Waals surface area contributed by atoms with Gasteiger partial charge in [0.2, 0.25) is 0 Å². The summed E-state index contributed by atoms with van der Waals surface area (Å²) in [6, 6.07) is 2.80. The Labute approximate surface area is 115 Å². The Kier molecular flexibility index (Phi) is 2.95. The van der Waals surface area contributed by atoms with E-state index in [1.165, 1.54) is 0 Å². The number of nitrogens with two attached hydrogens (primary N) is 2. The van der Waals surface area contributed by atoms with Gasteiger partial charge in [-0.25, -0.2) is 0 Å². The maximum absolute atomic E-state index is 12.3. The zero-order valence-corrected chi connectivity index (χ0v) is 11.2. The van der Waals surface area contributed by atoms with E-state index in [9.17, 15) is 10.1 Å². The van der Waals surface area contributed by atoms with Crippen LogP contribution in [0.15, 0.2) is 12.1 Å². The minimum absolute atomic E-state index is 0.0407. The summed E-state index contributed by atoms with van der Waals surface area (Å²) in [6.07, 6.45) is 1.85. The molecule has 1 heterocycles. The second-order valence-electron chi connectivity index (χ2n) is 5.49. The third kappa shape index (κ3) is 1.86. The molecule has 106 valence electrons. The highest BCUT2D eigenvalue weighted by Gasteiger charge is 2.24. The molecule has 0 bridgehead atoms. The monoisotopic (exact) mass is 275 g/mol. The van der Waals surface area contributed by atoms with Gasteiger partial charge < -0.3 is 21.4 Å². The predicted molar refractivity (Wildman–Crippen MR) is 74.4 cm³/mol. The molecule has 7 nitrogen and oxygen atoms in total. The van der Waals surface area contributed by atoms with Gasteiger partial charge in [-0.3, -0.25) is 0 Å². The van der Waals surface area contributed by atoms with E-state index in [0.29, 0.717) is 20.7 Å². The quantitative estimate of drug-likeness (QED) is 0.748. The molecule has 0 radical (unpaired) electrons. The van der Waals surface area contributed by atoms with E-state index in [1.54, 1.807) is 12.1 Å². The van der Waals surface area contributed by atoms with Gasteiger partial charge in [-0.05, 0) is 36.0 Å². The number of hydrogen-bond acceptors (Lipinski definition) is 5. The molecule has 2 aromatic rings. The van der Waals surface area contributed by atoms with Crippen molar-refractivity contribution in [2.24, 2.45) is 17.4 Å². The largest absolute Gasteiger partial charge is 0.804 e. The lowest BCUT2D eigenvalue weighted by molar-refractivity contribution is -0.538. The highest BCUT2D eigenvalue weighted by Crippen LogP contribution is 2.29. The second kappa shape index (κ2) is 4.53. The van der Waals surface area contributed by atoms with Gasteiger partial charge in [0.25, 0.3) is 0 Å². The lowest BCUT2D eigenvalue weighted by Gasteiger charge is -2.18. The molecule has 0 amide bonds. The van der Waals surface area contributed by atoms with Gasteiger partial charge in [-0.1, -0.05) is 6.92 Å². The molecule has 1 aliphatic carbocycles. The maximum atomic E-state index is 12.3. The summed E-state index contributed by atoms with van der Waals surface area (Å²) in [5, 5.41) is 16.1. The lowest BCUT2D eigenvalue weighted by atomic mass is 10.1. The van der Waals surface area contributed by atoms with Crippen molar-refractivity contribution in [1.29, 1.82) is 0 Å². The minimum atomic E-state index is -0.746. The average Bonchev–Trinajstić information content (AvgIpc) is 2.79. The van der Waals surface area contributed by atoms with Crippen molar-refractivity contribution in [3.05, 3.63) is 39.2 Å². The first kappa shape index (κ1) is 13.0. The van der Waals surface area contributed by atoms with Crippen molar-refractivity contribution >= 4 is 11.0 Å². The van der Waals surface area contributed by atoms with Gasteiger partial charge in [-0.15, -0.1) is 0 Å².